The Labute approximate surface area is 144 Å². The zero-order valence-electron chi connectivity index (χ0n) is 12.9. The number of carbonyl (C=O) groups excluding carboxylic acids is 2. The molecule has 0 aliphatic carbocycles. The van der Waals surface area contributed by atoms with Gasteiger partial charge in [0.2, 0.25) is 20.0 Å². The maximum atomic E-state index is 12.6. The van der Waals surface area contributed by atoms with E-state index >= 15 is 0 Å². The molecule has 2 aliphatic heterocycles. The van der Waals surface area contributed by atoms with Gasteiger partial charge in [0.05, 0.1) is 15.8 Å². The molecule has 1 unspecified atom stereocenters. The first-order valence-electron chi connectivity index (χ1n) is 7.22. The lowest BCUT2D eigenvalue weighted by Crippen LogP contribution is -2.42. The minimum Gasteiger partial charge on any atom is -0.439 e. The van der Waals surface area contributed by atoms with Crippen molar-refractivity contribution in [2.75, 3.05) is 19.7 Å². The Hall–Kier alpha value is -2.02. The minimum atomic E-state index is -3.92. The predicted molar refractivity (Wildman–Crippen MR) is 83.2 cm³/mol. The summed E-state index contributed by atoms with van der Waals surface area (Å²) in [6.07, 6.45) is -0.471. The molecule has 2 saturated heterocycles. The smallest absolute Gasteiger partial charge is 0.417 e. The summed E-state index contributed by atoms with van der Waals surface area (Å²) >= 11 is 0. The molecule has 3 rings (SSSR count). The standard InChI is InChI=1S/C13H15N3O7S2/c14-24(19,20)10-1-3-11(4-2-10)25(21,22)15-6-5-9(7-15)16-12(17)8-23-13(16)18/h1-4,9H,5-8H2,(H2,14,19,20). The number of sulfonamides is 2. The van der Waals surface area contributed by atoms with Gasteiger partial charge in [-0.3, -0.25) is 4.79 Å². The van der Waals surface area contributed by atoms with Gasteiger partial charge in [0.1, 0.15) is 0 Å². The number of nitrogens with zero attached hydrogens (tertiary/aromatic N) is 2. The highest BCUT2D eigenvalue weighted by Crippen LogP contribution is 2.26. The SMILES string of the molecule is NS(=O)(=O)c1ccc(S(=O)(=O)N2CCC(N3C(=O)COC3=O)C2)cc1. The van der Waals surface area contributed by atoms with E-state index in [1.165, 1.54) is 0 Å². The van der Waals surface area contributed by atoms with Gasteiger partial charge in [0.15, 0.2) is 6.61 Å². The van der Waals surface area contributed by atoms with Gasteiger partial charge in [-0.25, -0.2) is 31.7 Å². The quantitative estimate of drug-likeness (QED) is 0.701. The fraction of sp³-hybridized carbons (Fsp3) is 0.385. The Balaban J connectivity index is 1.80. The van der Waals surface area contributed by atoms with Crippen LogP contribution >= 0.6 is 0 Å². The normalized spacial score (nSPS) is 22.4. The fourth-order valence-electron chi connectivity index (χ4n) is 2.81. The van der Waals surface area contributed by atoms with Crippen LogP contribution in [0.3, 0.4) is 0 Å². The van der Waals surface area contributed by atoms with Crippen molar-refractivity contribution >= 4 is 32.0 Å². The molecule has 2 amide bonds. The molecule has 2 aliphatic rings. The molecule has 2 N–H and O–H groups in total. The molecule has 0 aromatic heterocycles. The molecule has 10 nitrogen and oxygen atoms in total. The molecule has 1 aromatic carbocycles. The zero-order valence-corrected chi connectivity index (χ0v) is 14.5. The van der Waals surface area contributed by atoms with Crippen molar-refractivity contribution in [2.45, 2.75) is 22.3 Å². The number of hydrogen-bond donors (Lipinski definition) is 1. The number of cyclic esters (lactones) is 1. The van der Waals surface area contributed by atoms with Gasteiger partial charge in [-0.2, -0.15) is 4.31 Å². The monoisotopic (exact) mass is 389 g/mol. The minimum absolute atomic E-state index is 0.0416. The molecule has 0 bridgehead atoms. The number of nitrogens with two attached hydrogens (primary N) is 1. The third kappa shape index (κ3) is 3.25. The van der Waals surface area contributed by atoms with Crippen LogP contribution in [0.2, 0.25) is 0 Å². The number of ether oxygens (including phenoxy) is 1. The van der Waals surface area contributed by atoms with Crippen molar-refractivity contribution < 1.29 is 31.2 Å². The summed E-state index contributed by atoms with van der Waals surface area (Å²) in [7, 11) is -7.81. The third-order valence-corrected chi connectivity index (χ3v) is 6.87. The van der Waals surface area contributed by atoms with E-state index in [1.54, 1.807) is 0 Å². The van der Waals surface area contributed by atoms with E-state index in [4.69, 9.17) is 5.14 Å². The van der Waals surface area contributed by atoms with Crippen LogP contribution in [0.25, 0.3) is 0 Å². The summed E-state index contributed by atoms with van der Waals surface area (Å²) < 4.78 is 53.5. The molecule has 1 aromatic rings. The lowest BCUT2D eigenvalue weighted by molar-refractivity contribution is -0.127. The van der Waals surface area contributed by atoms with Crippen LogP contribution in [0.5, 0.6) is 0 Å². The number of benzene rings is 1. The lowest BCUT2D eigenvalue weighted by atomic mass is 10.2. The molecule has 1 atom stereocenters. The Kier molecular flexibility index (Phi) is 4.31. The second-order valence-corrected chi connectivity index (χ2v) is 9.14. The Bertz CT molecular complexity index is 909. The van der Waals surface area contributed by atoms with Crippen LogP contribution < -0.4 is 5.14 Å². The highest BCUT2D eigenvalue weighted by atomic mass is 32.2. The molecular formula is C13H15N3O7S2. The largest absolute Gasteiger partial charge is 0.439 e. The molecular weight excluding hydrogens is 374 g/mol. The van der Waals surface area contributed by atoms with Crippen molar-refractivity contribution in [3.8, 4) is 0 Å². The Morgan fingerprint density at radius 2 is 1.64 bits per heavy atom. The highest BCUT2D eigenvalue weighted by Gasteiger charge is 2.43. The van der Waals surface area contributed by atoms with Gasteiger partial charge in [-0.1, -0.05) is 0 Å². The molecule has 2 heterocycles. The number of imide groups is 1. The number of carbonyl (C=O) groups is 2. The maximum Gasteiger partial charge on any atom is 0.417 e. The number of amides is 2. The number of primary sulfonamides is 1. The van der Waals surface area contributed by atoms with Crippen LogP contribution in [0.1, 0.15) is 6.42 Å². The molecule has 25 heavy (non-hydrogen) atoms. The van der Waals surface area contributed by atoms with Crippen LogP contribution in [0, 0.1) is 0 Å². The first-order valence-corrected chi connectivity index (χ1v) is 10.2. The highest BCUT2D eigenvalue weighted by molar-refractivity contribution is 7.89. The summed E-state index contributed by atoms with van der Waals surface area (Å²) in [5.74, 6) is -0.494. The van der Waals surface area contributed by atoms with Gasteiger partial charge in [0, 0.05) is 13.1 Å². The molecule has 0 saturated carbocycles. The zero-order chi connectivity index (χ0) is 18.4. The van der Waals surface area contributed by atoms with E-state index in [2.05, 4.69) is 4.74 Å². The summed E-state index contributed by atoms with van der Waals surface area (Å²) in [6, 6.07) is 3.94. The summed E-state index contributed by atoms with van der Waals surface area (Å²) in [4.78, 5) is 23.9. The number of rotatable bonds is 4. The van der Waals surface area contributed by atoms with Crippen molar-refractivity contribution in [2.24, 2.45) is 5.14 Å². The van der Waals surface area contributed by atoms with Gasteiger partial charge in [0.25, 0.3) is 5.91 Å². The lowest BCUT2D eigenvalue weighted by Gasteiger charge is -2.20. The van der Waals surface area contributed by atoms with Crippen molar-refractivity contribution in [1.82, 2.24) is 9.21 Å². The van der Waals surface area contributed by atoms with Gasteiger partial charge in [-0.15, -0.1) is 0 Å². The van der Waals surface area contributed by atoms with Gasteiger partial charge >= 0.3 is 6.09 Å². The van der Waals surface area contributed by atoms with E-state index in [-0.39, 0.29) is 29.5 Å². The second kappa shape index (κ2) is 6.05. The third-order valence-electron chi connectivity index (χ3n) is 4.07. The molecule has 2 fully saturated rings. The van der Waals surface area contributed by atoms with Gasteiger partial charge in [-0.05, 0) is 30.7 Å². The topological polar surface area (TPSA) is 144 Å². The molecule has 0 spiro atoms. The predicted octanol–water partition coefficient (Wildman–Crippen LogP) is -0.924. The number of hydrogen-bond acceptors (Lipinski definition) is 7. The summed E-state index contributed by atoms with van der Waals surface area (Å²) in [5, 5.41) is 4.98. The van der Waals surface area contributed by atoms with Crippen molar-refractivity contribution in [3.63, 3.8) is 0 Å². The summed E-state index contributed by atoms with van der Waals surface area (Å²) in [6.45, 7) is -0.252. The van der Waals surface area contributed by atoms with Crippen LogP contribution in [0.15, 0.2) is 34.1 Å². The van der Waals surface area contributed by atoms with E-state index in [1.807, 2.05) is 0 Å². The average Bonchev–Trinajstić information content (AvgIpc) is 3.14. The van der Waals surface area contributed by atoms with E-state index in [0.29, 0.717) is 6.42 Å². The molecule has 12 heteroatoms. The fourth-order valence-corrected chi connectivity index (χ4v) is 4.81. The summed E-state index contributed by atoms with van der Waals surface area (Å²) in [5.41, 5.74) is 0. The van der Waals surface area contributed by atoms with Crippen molar-refractivity contribution in [1.29, 1.82) is 0 Å². The van der Waals surface area contributed by atoms with Crippen LogP contribution in [0.4, 0.5) is 4.79 Å². The Morgan fingerprint density at radius 3 is 2.16 bits per heavy atom. The van der Waals surface area contributed by atoms with Crippen molar-refractivity contribution in [3.05, 3.63) is 24.3 Å². The van der Waals surface area contributed by atoms with E-state index in [9.17, 15) is 26.4 Å². The van der Waals surface area contributed by atoms with E-state index in [0.717, 1.165) is 33.5 Å². The second-order valence-electron chi connectivity index (χ2n) is 5.64. The average molecular weight is 389 g/mol. The maximum absolute atomic E-state index is 12.6. The van der Waals surface area contributed by atoms with Crippen LogP contribution in [-0.4, -0.2) is 63.8 Å². The Morgan fingerprint density at radius 1 is 1.04 bits per heavy atom. The first kappa shape index (κ1) is 17.8. The molecule has 136 valence electrons. The van der Waals surface area contributed by atoms with Gasteiger partial charge < -0.3 is 4.74 Å². The van der Waals surface area contributed by atoms with Crippen LogP contribution in [-0.2, 0) is 29.6 Å². The molecule has 0 radical (unpaired) electrons. The van der Waals surface area contributed by atoms with E-state index < -0.39 is 38.1 Å². The first-order chi connectivity index (χ1) is 11.6.